The van der Waals surface area contributed by atoms with Crippen molar-refractivity contribution >= 4 is 115 Å². The van der Waals surface area contributed by atoms with Crippen LogP contribution in [0.4, 0.5) is 0 Å². The van der Waals surface area contributed by atoms with Crippen molar-refractivity contribution in [3.05, 3.63) is 67.6 Å². The van der Waals surface area contributed by atoms with E-state index in [0.717, 1.165) is 21.6 Å². The zero-order valence-corrected chi connectivity index (χ0v) is 26.5. The molecule has 4 rings (SSSR count). The van der Waals surface area contributed by atoms with E-state index in [4.69, 9.17) is 46.4 Å². The quantitative estimate of drug-likeness (QED) is 0.224. The van der Waals surface area contributed by atoms with Crippen molar-refractivity contribution in [3.8, 4) is 0 Å². The Labute approximate surface area is 266 Å². The van der Waals surface area contributed by atoms with E-state index in [1.165, 1.54) is 45.5 Å². The maximum absolute atomic E-state index is 13.2. The summed E-state index contributed by atoms with van der Waals surface area (Å²) in [6, 6.07) is 7.60. The minimum atomic E-state index is -1.13. The molecule has 2 aromatic rings. The molecule has 0 radical (unpaired) electrons. The molecule has 0 aliphatic carbocycles. The number of carboxylic acids is 2. The summed E-state index contributed by atoms with van der Waals surface area (Å²) >= 11 is 27.3. The third-order valence-electron chi connectivity index (χ3n) is 6.05. The van der Waals surface area contributed by atoms with Crippen LogP contribution in [0.5, 0.6) is 0 Å². The van der Waals surface area contributed by atoms with Crippen molar-refractivity contribution in [1.82, 2.24) is 9.80 Å². The number of carbonyl (C=O) groups excluding carboxylic acids is 2. The van der Waals surface area contributed by atoms with E-state index in [1.54, 1.807) is 24.3 Å². The molecule has 2 aliphatic rings. The van der Waals surface area contributed by atoms with Gasteiger partial charge in [0.1, 0.15) is 22.8 Å². The normalized spacial score (nSPS) is 22.5. The maximum atomic E-state index is 13.2. The first-order valence-electron chi connectivity index (χ1n) is 11.4. The van der Waals surface area contributed by atoms with Gasteiger partial charge in [-0.2, -0.15) is 0 Å². The first-order chi connectivity index (χ1) is 19.0. The lowest BCUT2D eigenvalue weighted by Crippen LogP contribution is -2.44. The van der Waals surface area contributed by atoms with E-state index in [1.807, 2.05) is 0 Å². The third kappa shape index (κ3) is 7.08. The van der Waals surface area contributed by atoms with Gasteiger partial charge in [-0.05, 0) is 24.3 Å². The van der Waals surface area contributed by atoms with Crippen molar-refractivity contribution in [2.24, 2.45) is 0 Å². The number of thioether (sulfide) groups is 2. The number of carbonyl (C=O) groups is 4. The molecule has 8 nitrogen and oxygen atoms in total. The summed E-state index contributed by atoms with van der Waals surface area (Å²) in [5, 5.41) is 19.7. The van der Waals surface area contributed by atoms with Gasteiger partial charge in [0, 0.05) is 42.7 Å². The van der Waals surface area contributed by atoms with E-state index < -0.39 is 46.6 Å². The summed E-state index contributed by atoms with van der Waals surface area (Å²) in [5.74, 6) is -2.92. The molecule has 16 heteroatoms. The summed E-state index contributed by atoms with van der Waals surface area (Å²) in [6.45, 7) is 0. The Morgan fingerprint density at radius 3 is 1.43 bits per heavy atom. The van der Waals surface area contributed by atoms with Crippen LogP contribution in [0.25, 0.3) is 0 Å². The van der Waals surface area contributed by atoms with Crippen LogP contribution in [-0.2, 0) is 19.2 Å². The second-order valence-electron chi connectivity index (χ2n) is 8.54. The standard InChI is InChI=1S/C24H20Cl4N2O6S4/c25-11-1-3-13(15(27)5-11)21-29(17(7-37-21)23(33)34)19(31)9-39-40-10-20(32)30-18(24(35)36)8-38-22(30)14-4-2-12(26)6-16(14)28/h1-6,17-18,21-22H,7-10H2,(H,33,34)(H,35,36)/t17-,18-,21?,22?/m0/s1. The Kier molecular flexibility index (Phi) is 11.1. The van der Waals surface area contributed by atoms with E-state index in [-0.39, 0.29) is 23.0 Å². The molecule has 40 heavy (non-hydrogen) atoms. The van der Waals surface area contributed by atoms with Gasteiger partial charge in [-0.1, -0.05) is 80.1 Å². The van der Waals surface area contributed by atoms with Gasteiger partial charge in [-0.15, -0.1) is 23.5 Å². The molecule has 2 aromatic carbocycles. The number of aliphatic carboxylic acids is 2. The fourth-order valence-corrected chi connectivity index (χ4v) is 10.1. The van der Waals surface area contributed by atoms with Crippen LogP contribution in [0.3, 0.4) is 0 Å². The Bertz CT molecular complexity index is 1240. The van der Waals surface area contributed by atoms with Crippen LogP contribution in [0.1, 0.15) is 21.9 Å². The summed E-state index contributed by atoms with van der Waals surface area (Å²) in [7, 11) is 2.18. The van der Waals surface area contributed by atoms with Crippen LogP contribution in [-0.4, -0.2) is 78.9 Å². The Morgan fingerprint density at radius 1 is 0.725 bits per heavy atom. The highest BCUT2D eigenvalue weighted by Gasteiger charge is 2.44. The molecule has 0 saturated carbocycles. The van der Waals surface area contributed by atoms with Gasteiger partial charge in [-0.25, -0.2) is 9.59 Å². The summed E-state index contributed by atoms with van der Waals surface area (Å²) < 4.78 is 0. The monoisotopic (exact) mass is 700 g/mol. The highest BCUT2D eigenvalue weighted by molar-refractivity contribution is 8.77. The lowest BCUT2D eigenvalue weighted by atomic mass is 10.1. The lowest BCUT2D eigenvalue weighted by molar-refractivity contribution is -0.148. The molecule has 2 heterocycles. The fraction of sp³-hybridized carbons (Fsp3) is 0.333. The number of nitrogens with zero attached hydrogens (tertiary/aromatic N) is 2. The van der Waals surface area contributed by atoms with E-state index in [9.17, 15) is 29.4 Å². The smallest absolute Gasteiger partial charge is 0.327 e. The van der Waals surface area contributed by atoms with Gasteiger partial charge in [0.2, 0.25) is 11.8 Å². The molecule has 2 unspecified atom stereocenters. The number of hydrogen-bond donors (Lipinski definition) is 2. The number of hydrogen-bond acceptors (Lipinski definition) is 8. The van der Waals surface area contributed by atoms with Crippen molar-refractivity contribution in [2.75, 3.05) is 23.0 Å². The number of carboxylic acid groups (broad SMARTS) is 2. The van der Waals surface area contributed by atoms with Crippen molar-refractivity contribution in [2.45, 2.75) is 22.8 Å². The van der Waals surface area contributed by atoms with Gasteiger partial charge >= 0.3 is 11.9 Å². The number of rotatable bonds is 9. The number of benzene rings is 2. The molecule has 4 atom stereocenters. The van der Waals surface area contributed by atoms with Crippen LogP contribution >= 0.6 is 91.5 Å². The first kappa shape index (κ1) is 31.8. The van der Waals surface area contributed by atoms with Crippen LogP contribution in [0, 0.1) is 0 Å². The molecule has 0 bridgehead atoms. The highest BCUT2D eigenvalue weighted by Crippen LogP contribution is 2.46. The lowest BCUT2D eigenvalue weighted by Gasteiger charge is -2.29. The van der Waals surface area contributed by atoms with Crippen molar-refractivity contribution < 1.29 is 29.4 Å². The molecule has 0 spiro atoms. The van der Waals surface area contributed by atoms with Gasteiger partial charge < -0.3 is 20.0 Å². The van der Waals surface area contributed by atoms with E-state index in [2.05, 4.69) is 0 Å². The van der Waals surface area contributed by atoms with Gasteiger partial charge in [0.25, 0.3) is 0 Å². The average molecular weight is 703 g/mol. The Hall–Kier alpha value is -1.12. The molecule has 2 amide bonds. The van der Waals surface area contributed by atoms with Gasteiger partial charge in [0.05, 0.1) is 11.5 Å². The van der Waals surface area contributed by atoms with E-state index >= 15 is 0 Å². The zero-order valence-electron chi connectivity index (χ0n) is 20.2. The van der Waals surface area contributed by atoms with Crippen LogP contribution in [0.2, 0.25) is 20.1 Å². The molecule has 2 aliphatic heterocycles. The van der Waals surface area contributed by atoms with Gasteiger partial charge in [0.15, 0.2) is 0 Å². The number of amides is 2. The van der Waals surface area contributed by atoms with Crippen LogP contribution < -0.4 is 0 Å². The molecular formula is C24H20Cl4N2O6S4. The van der Waals surface area contributed by atoms with Gasteiger partial charge in [-0.3, -0.25) is 9.59 Å². The second-order valence-corrected chi connectivity index (χ2v) is 14.9. The predicted molar refractivity (Wildman–Crippen MR) is 165 cm³/mol. The molecule has 0 aromatic heterocycles. The highest BCUT2D eigenvalue weighted by atomic mass is 35.5. The first-order valence-corrected chi connectivity index (χ1v) is 17.5. The largest absolute Gasteiger partial charge is 0.480 e. The summed E-state index contributed by atoms with van der Waals surface area (Å²) in [6.07, 6.45) is 0. The Morgan fingerprint density at radius 2 is 1.10 bits per heavy atom. The molecule has 2 N–H and O–H groups in total. The minimum Gasteiger partial charge on any atom is -0.480 e. The molecule has 2 fully saturated rings. The topological polar surface area (TPSA) is 115 Å². The van der Waals surface area contributed by atoms with Crippen molar-refractivity contribution in [1.29, 1.82) is 0 Å². The summed E-state index contributed by atoms with van der Waals surface area (Å²) in [5.41, 5.74) is 1.17. The zero-order chi connectivity index (χ0) is 29.1. The maximum Gasteiger partial charge on any atom is 0.327 e. The summed E-state index contributed by atoms with van der Waals surface area (Å²) in [4.78, 5) is 52.8. The molecule has 2 saturated heterocycles. The minimum absolute atomic E-state index is 0.104. The SMILES string of the molecule is O=C(O)[C@@H]1CSC(c2ccc(Cl)cc2Cl)N1C(=O)CSSCC(=O)N1C(c2ccc(Cl)cc2Cl)SC[C@H]1C(=O)O. The molecular weight excluding hydrogens is 682 g/mol. The average Bonchev–Trinajstić information content (AvgIpc) is 3.52. The predicted octanol–water partition coefficient (Wildman–Crippen LogP) is 6.44. The third-order valence-corrected chi connectivity index (χ3v) is 11.9. The van der Waals surface area contributed by atoms with E-state index in [0.29, 0.717) is 31.2 Å². The second kappa shape index (κ2) is 13.9. The Balaban J connectivity index is 1.41. The fourth-order valence-electron chi connectivity index (χ4n) is 4.22. The molecule has 214 valence electrons. The van der Waals surface area contributed by atoms with Crippen LogP contribution in [0.15, 0.2) is 36.4 Å². The number of halogens is 4. The van der Waals surface area contributed by atoms with Crippen molar-refractivity contribution in [3.63, 3.8) is 0 Å².